The Morgan fingerprint density at radius 2 is 2.18 bits per heavy atom. The van der Waals surface area contributed by atoms with E-state index >= 15 is 0 Å². The Hall–Kier alpha value is -1.33. The molecule has 2 N–H and O–H groups in total. The monoisotopic (exact) mass is 320 g/mol. The van der Waals surface area contributed by atoms with Crippen LogP contribution in [-0.2, 0) is 13.0 Å². The Kier molecular flexibility index (Phi) is 5.16. The molecule has 3 rings (SSSR count). The van der Waals surface area contributed by atoms with Gasteiger partial charge in [0.25, 0.3) is 0 Å². The van der Waals surface area contributed by atoms with Crippen molar-refractivity contribution in [2.45, 2.75) is 26.3 Å². The summed E-state index contributed by atoms with van der Waals surface area (Å²) in [6, 6.07) is 6.68. The van der Waals surface area contributed by atoms with Crippen LogP contribution in [0, 0.1) is 0 Å². The zero-order valence-corrected chi connectivity index (χ0v) is 14.2. The first-order valence-electron chi connectivity index (χ1n) is 8.37. The van der Waals surface area contributed by atoms with Crippen molar-refractivity contribution in [2.24, 2.45) is 0 Å². The summed E-state index contributed by atoms with van der Waals surface area (Å²) in [5.74, 6) is 1.08. The maximum atomic E-state index is 5.58. The highest BCUT2D eigenvalue weighted by molar-refractivity contribution is 7.80. The van der Waals surface area contributed by atoms with Crippen molar-refractivity contribution in [1.82, 2.24) is 10.2 Å². The average molecular weight is 320 g/mol. The highest BCUT2D eigenvalue weighted by Gasteiger charge is 2.22. The summed E-state index contributed by atoms with van der Waals surface area (Å²) in [5.41, 5.74) is 2.81. The van der Waals surface area contributed by atoms with Crippen molar-refractivity contribution in [1.29, 1.82) is 0 Å². The molecule has 1 saturated heterocycles. The Balaban J connectivity index is 1.49. The van der Waals surface area contributed by atoms with E-state index in [1.54, 1.807) is 4.90 Å². The second-order valence-corrected chi connectivity index (χ2v) is 6.57. The van der Waals surface area contributed by atoms with Crippen molar-refractivity contribution < 1.29 is 9.64 Å². The molecule has 0 spiro atoms. The van der Waals surface area contributed by atoms with Crippen LogP contribution in [0.1, 0.15) is 24.5 Å². The molecule has 5 heteroatoms. The summed E-state index contributed by atoms with van der Waals surface area (Å²) in [6.07, 6.45) is 2.18. The quantitative estimate of drug-likeness (QED) is 0.796. The van der Waals surface area contributed by atoms with Crippen molar-refractivity contribution >= 4 is 17.3 Å². The van der Waals surface area contributed by atoms with E-state index < -0.39 is 0 Å². The molecule has 1 fully saturated rings. The SMILES string of the molecule is CCCNC(=S)N1CC[NH+](Cc2ccc3c(c2)CCO3)CC1. The Bertz CT molecular complexity index is 527. The zero-order valence-electron chi connectivity index (χ0n) is 13.4. The van der Waals surface area contributed by atoms with Crippen LogP contribution in [0.25, 0.3) is 0 Å². The van der Waals surface area contributed by atoms with E-state index in [4.69, 9.17) is 17.0 Å². The standard InChI is InChI=1S/C17H25N3OS/c1-2-6-18-17(22)20-9-7-19(8-10-20)13-14-3-4-16-15(12-14)5-11-21-16/h3-4,12H,2,5-11,13H2,1H3,(H,18,22)/p+1. The first-order valence-corrected chi connectivity index (χ1v) is 8.78. The summed E-state index contributed by atoms with van der Waals surface area (Å²) >= 11 is 5.45. The van der Waals surface area contributed by atoms with Gasteiger partial charge in [-0.3, -0.25) is 0 Å². The van der Waals surface area contributed by atoms with Crippen LogP contribution in [0.2, 0.25) is 0 Å². The minimum absolute atomic E-state index is 0.840. The molecule has 22 heavy (non-hydrogen) atoms. The highest BCUT2D eigenvalue weighted by atomic mass is 32.1. The number of thiocarbonyl (C=S) groups is 1. The number of benzene rings is 1. The molecule has 2 heterocycles. The van der Waals surface area contributed by atoms with Crippen LogP contribution in [0.15, 0.2) is 18.2 Å². The third kappa shape index (κ3) is 3.70. The van der Waals surface area contributed by atoms with Gasteiger partial charge in [-0.2, -0.15) is 0 Å². The molecule has 0 saturated carbocycles. The molecular weight excluding hydrogens is 294 g/mol. The second-order valence-electron chi connectivity index (χ2n) is 6.19. The normalized spacial score (nSPS) is 18.0. The summed E-state index contributed by atoms with van der Waals surface area (Å²) in [5, 5.41) is 4.26. The zero-order chi connectivity index (χ0) is 15.4. The lowest BCUT2D eigenvalue weighted by atomic mass is 10.1. The topological polar surface area (TPSA) is 28.9 Å². The van der Waals surface area contributed by atoms with E-state index in [2.05, 4.69) is 35.3 Å². The summed E-state index contributed by atoms with van der Waals surface area (Å²) in [7, 11) is 0. The van der Waals surface area contributed by atoms with Gasteiger partial charge in [0.1, 0.15) is 12.3 Å². The molecule has 2 aliphatic heterocycles. The van der Waals surface area contributed by atoms with Crippen LogP contribution in [0.4, 0.5) is 0 Å². The fourth-order valence-electron chi connectivity index (χ4n) is 3.19. The van der Waals surface area contributed by atoms with Crippen LogP contribution in [0.3, 0.4) is 0 Å². The summed E-state index contributed by atoms with van der Waals surface area (Å²) < 4.78 is 5.58. The number of quaternary nitrogens is 1. The molecule has 1 aromatic carbocycles. The molecule has 0 bridgehead atoms. The van der Waals surface area contributed by atoms with E-state index in [1.807, 2.05) is 0 Å². The van der Waals surface area contributed by atoms with Crippen LogP contribution in [0.5, 0.6) is 5.75 Å². The number of hydrogen-bond acceptors (Lipinski definition) is 2. The lowest BCUT2D eigenvalue weighted by Crippen LogP contribution is -3.13. The van der Waals surface area contributed by atoms with E-state index in [-0.39, 0.29) is 0 Å². The maximum absolute atomic E-state index is 5.58. The number of fused-ring (bicyclic) bond motifs is 1. The van der Waals surface area contributed by atoms with Gasteiger partial charge in [-0.1, -0.05) is 6.92 Å². The van der Waals surface area contributed by atoms with Crippen LogP contribution < -0.4 is 15.0 Å². The van der Waals surface area contributed by atoms with Gasteiger partial charge in [0, 0.05) is 18.5 Å². The number of nitrogens with zero attached hydrogens (tertiary/aromatic N) is 1. The fraction of sp³-hybridized carbons (Fsp3) is 0.588. The third-order valence-electron chi connectivity index (χ3n) is 4.49. The van der Waals surface area contributed by atoms with Crippen molar-refractivity contribution in [3.05, 3.63) is 29.3 Å². The van der Waals surface area contributed by atoms with Gasteiger partial charge in [-0.25, -0.2) is 0 Å². The number of ether oxygens (including phenoxy) is 1. The number of hydrogen-bond donors (Lipinski definition) is 2. The van der Waals surface area contributed by atoms with Crippen molar-refractivity contribution in [2.75, 3.05) is 39.3 Å². The largest absolute Gasteiger partial charge is 0.493 e. The molecule has 4 nitrogen and oxygen atoms in total. The summed E-state index contributed by atoms with van der Waals surface area (Å²) in [6.45, 7) is 9.51. The van der Waals surface area contributed by atoms with Gasteiger partial charge in [0.15, 0.2) is 5.11 Å². The summed E-state index contributed by atoms with van der Waals surface area (Å²) in [4.78, 5) is 3.96. The Morgan fingerprint density at radius 3 is 2.95 bits per heavy atom. The average Bonchev–Trinajstić information content (AvgIpc) is 3.01. The Morgan fingerprint density at radius 1 is 1.36 bits per heavy atom. The molecule has 0 radical (unpaired) electrons. The first kappa shape index (κ1) is 15.6. The van der Waals surface area contributed by atoms with Crippen molar-refractivity contribution in [3.63, 3.8) is 0 Å². The van der Waals surface area contributed by atoms with Gasteiger partial charge < -0.3 is 19.9 Å². The van der Waals surface area contributed by atoms with Gasteiger partial charge in [0.05, 0.1) is 32.8 Å². The van der Waals surface area contributed by atoms with Crippen LogP contribution in [-0.4, -0.2) is 49.3 Å². The molecule has 0 atom stereocenters. The lowest BCUT2D eigenvalue weighted by Gasteiger charge is -2.34. The van der Waals surface area contributed by atoms with Gasteiger partial charge in [-0.15, -0.1) is 0 Å². The second kappa shape index (κ2) is 7.29. The molecule has 120 valence electrons. The number of nitrogens with one attached hydrogen (secondary N) is 2. The molecule has 0 aliphatic carbocycles. The van der Waals surface area contributed by atoms with Crippen LogP contribution >= 0.6 is 12.2 Å². The van der Waals surface area contributed by atoms with E-state index in [9.17, 15) is 0 Å². The molecule has 0 amide bonds. The fourth-order valence-corrected chi connectivity index (χ4v) is 3.47. The van der Waals surface area contributed by atoms with Gasteiger partial charge in [-0.05, 0) is 42.4 Å². The predicted molar refractivity (Wildman–Crippen MR) is 92.5 cm³/mol. The smallest absolute Gasteiger partial charge is 0.169 e. The third-order valence-corrected chi connectivity index (χ3v) is 4.89. The molecular formula is C17H26N3OS+. The van der Waals surface area contributed by atoms with E-state index in [0.717, 1.165) is 69.6 Å². The number of piperazine rings is 1. The lowest BCUT2D eigenvalue weighted by molar-refractivity contribution is -0.917. The molecule has 2 aliphatic rings. The van der Waals surface area contributed by atoms with Gasteiger partial charge in [0.2, 0.25) is 0 Å². The van der Waals surface area contributed by atoms with E-state index in [1.165, 1.54) is 11.1 Å². The van der Waals surface area contributed by atoms with Crippen molar-refractivity contribution in [3.8, 4) is 5.75 Å². The molecule has 1 aromatic rings. The predicted octanol–water partition coefficient (Wildman–Crippen LogP) is 0.607. The molecule has 0 aromatic heterocycles. The van der Waals surface area contributed by atoms with Gasteiger partial charge >= 0.3 is 0 Å². The van der Waals surface area contributed by atoms with E-state index in [0.29, 0.717) is 0 Å². The number of rotatable bonds is 4. The first-order chi connectivity index (χ1) is 10.8. The maximum Gasteiger partial charge on any atom is 0.169 e. The Labute approximate surface area is 138 Å². The molecule has 0 unspecified atom stereocenters. The minimum Gasteiger partial charge on any atom is -0.493 e. The minimum atomic E-state index is 0.840. The highest BCUT2D eigenvalue weighted by Crippen LogP contribution is 2.25.